The Bertz CT molecular complexity index is 1290. The molecule has 0 spiro atoms. The first-order valence-electron chi connectivity index (χ1n) is 13.3. The van der Waals surface area contributed by atoms with Crippen LogP contribution in [0.25, 0.3) is 22.0 Å². The van der Waals surface area contributed by atoms with Gasteiger partial charge < -0.3 is 16.4 Å². The number of rotatable bonds is 4. The summed E-state index contributed by atoms with van der Waals surface area (Å²) < 4.78 is 0. The molecule has 190 valence electrons. The lowest BCUT2D eigenvalue weighted by molar-refractivity contribution is -0.124. The molecule has 6 nitrogen and oxygen atoms in total. The Morgan fingerprint density at radius 2 is 1.78 bits per heavy atom. The number of fused-ring (bicyclic) bond motifs is 2. The van der Waals surface area contributed by atoms with Gasteiger partial charge in [0.25, 0.3) is 0 Å². The molecule has 1 atom stereocenters. The molecule has 2 aliphatic carbocycles. The van der Waals surface area contributed by atoms with Gasteiger partial charge in [-0.3, -0.25) is 14.8 Å². The van der Waals surface area contributed by atoms with E-state index in [4.69, 9.17) is 16.5 Å². The topological polar surface area (TPSA) is 98.1 Å². The largest absolute Gasteiger partial charge is 0.369 e. The molecule has 1 amide bonds. The van der Waals surface area contributed by atoms with Crippen molar-refractivity contribution >= 4 is 34.9 Å². The molecule has 6 rings (SSSR count). The Balaban J connectivity index is 0.00000267. The number of benzene rings is 1. The van der Waals surface area contributed by atoms with E-state index in [1.807, 2.05) is 12.3 Å². The molecule has 7 heteroatoms. The summed E-state index contributed by atoms with van der Waals surface area (Å²) >= 11 is 0. The van der Waals surface area contributed by atoms with Crippen molar-refractivity contribution in [3.8, 4) is 11.1 Å². The number of anilines is 1. The van der Waals surface area contributed by atoms with Crippen LogP contribution in [0.4, 0.5) is 5.69 Å². The van der Waals surface area contributed by atoms with Crippen LogP contribution in [0.1, 0.15) is 68.3 Å². The Morgan fingerprint density at radius 1 is 1.00 bits per heavy atom. The third-order valence-corrected chi connectivity index (χ3v) is 8.53. The number of aromatic nitrogens is 2. The van der Waals surface area contributed by atoms with Crippen LogP contribution >= 0.6 is 12.4 Å². The van der Waals surface area contributed by atoms with Crippen LogP contribution in [0.5, 0.6) is 0 Å². The lowest BCUT2D eigenvalue weighted by atomic mass is 9.70. The summed E-state index contributed by atoms with van der Waals surface area (Å²) in [5.74, 6) is -0.246. The van der Waals surface area contributed by atoms with Gasteiger partial charge in [-0.15, -0.1) is 12.4 Å². The zero-order valence-corrected chi connectivity index (χ0v) is 21.7. The van der Waals surface area contributed by atoms with E-state index in [-0.39, 0.29) is 24.4 Å². The maximum atomic E-state index is 12.6. The normalized spacial score (nSPS) is 21.1. The number of carbonyl (C=O) groups is 1. The van der Waals surface area contributed by atoms with E-state index in [1.165, 1.54) is 35.2 Å². The van der Waals surface area contributed by atoms with Crippen LogP contribution in [-0.4, -0.2) is 35.0 Å². The van der Waals surface area contributed by atoms with Crippen molar-refractivity contribution in [2.45, 2.75) is 75.7 Å². The zero-order valence-electron chi connectivity index (χ0n) is 20.8. The number of amides is 1. The summed E-state index contributed by atoms with van der Waals surface area (Å²) in [7, 11) is 0. The van der Waals surface area contributed by atoms with Crippen LogP contribution in [0.15, 0.2) is 36.5 Å². The predicted molar refractivity (Wildman–Crippen MR) is 148 cm³/mol. The van der Waals surface area contributed by atoms with Crippen LogP contribution in [-0.2, 0) is 23.1 Å². The summed E-state index contributed by atoms with van der Waals surface area (Å²) in [6.45, 7) is 1.90. The minimum atomic E-state index is -0.650. The van der Waals surface area contributed by atoms with Crippen molar-refractivity contribution in [3.05, 3.63) is 53.5 Å². The minimum Gasteiger partial charge on any atom is -0.369 e. The second kappa shape index (κ2) is 9.98. The van der Waals surface area contributed by atoms with Crippen molar-refractivity contribution in [3.63, 3.8) is 0 Å². The van der Waals surface area contributed by atoms with Crippen LogP contribution in [0.2, 0.25) is 0 Å². The van der Waals surface area contributed by atoms with E-state index in [0.29, 0.717) is 0 Å². The number of nitrogens with zero attached hydrogens (tertiary/aromatic N) is 3. The minimum absolute atomic E-state index is 0. The highest BCUT2D eigenvalue weighted by atomic mass is 35.5. The molecule has 1 saturated heterocycles. The van der Waals surface area contributed by atoms with Gasteiger partial charge in [0, 0.05) is 36.4 Å². The Morgan fingerprint density at radius 3 is 2.53 bits per heavy atom. The molecule has 0 unspecified atom stereocenters. The van der Waals surface area contributed by atoms with Crippen molar-refractivity contribution in [2.24, 2.45) is 11.5 Å². The fourth-order valence-corrected chi connectivity index (χ4v) is 6.59. The monoisotopic (exact) mass is 505 g/mol. The first-order valence-corrected chi connectivity index (χ1v) is 13.3. The first kappa shape index (κ1) is 25.0. The summed E-state index contributed by atoms with van der Waals surface area (Å²) in [5, 5.41) is 1.21. The molecule has 1 aromatic carbocycles. The van der Waals surface area contributed by atoms with Gasteiger partial charge >= 0.3 is 0 Å². The summed E-state index contributed by atoms with van der Waals surface area (Å²) in [6, 6.07) is 11.0. The molecule has 0 bridgehead atoms. The molecule has 3 aliphatic rings. The number of nitrogens with two attached hydrogens (primary N) is 2. The van der Waals surface area contributed by atoms with Crippen LogP contribution < -0.4 is 16.4 Å². The number of hydrogen-bond acceptors (Lipinski definition) is 5. The predicted octanol–water partition coefficient (Wildman–Crippen LogP) is 4.82. The highest BCUT2D eigenvalue weighted by Crippen LogP contribution is 2.41. The van der Waals surface area contributed by atoms with Gasteiger partial charge in [0.05, 0.1) is 22.3 Å². The molecule has 1 saturated carbocycles. The molecule has 4 N–H and O–H groups in total. The second-order valence-corrected chi connectivity index (χ2v) is 10.8. The van der Waals surface area contributed by atoms with Gasteiger partial charge in [-0.25, -0.2) is 0 Å². The average molecular weight is 506 g/mol. The molecule has 36 heavy (non-hydrogen) atoms. The van der Waals surface area contributed by atoms with Gasteiger partial charge in [-0.1, -0.05) is 25.3 Å². The third kappa shape index (κ3) is 4.24. The standard InChI is InChI=1S/C29H35N5O.ClH/c30-21-11-15-34(18-21)27-22-6-2-3-7-24(22)33-25-9-8-19(16-23(25)27)20-10-14-32-26(17-20)29(28(31)35)12-4-1-5-13-29;/h8-10,14,16-17,21H,1-7,11-13,15,18,30H2,(H2,31,35);1H/t21-;/m0./s1. The van der Waals surface area contributed by atoms with E-state index in [0.717, 1.165) is 86.8 Å². The Kier molecular flexibility index (Phi) is 6.92. The number of aryl methyl sites for hydroxylation is 1. The second-order valence-electron chi connectivity index (χ2n) is 10.8. The highest BCUT2D eigenvalue weighted by molar-refractivity contribution is 5.97. The van der Waals surface area contributed by atoms with Crippen molar-refractivity contribution in [1.82, 2.24) is 9.97 Å². The van der Waals surface area contributed by atoms with Crippen LogP contribution in [0.3, 0.4) is 0 Å². The molecule has 3 heterocycles. The van der Waals surface area contributed by atoms with Gasteiger partial charge in [0.2, 0.25) is 5.91 Å². The van der Waals surface area contributed by atoms with E-state index in [2.05, 4.69) is 34.1 Å². The maximum absolute atomic E-state index is 12.6. The summed E-state index contributed by atoms with van der Waals surface area (Å²) in [5.41, 5.74) is 19.7. The number of halogens is 1. The number of pyridine rings is 2. The quantitative estimate of drug-likeness (QED) is 0.529. The van der Waals surface area contributed by atoms with E-state index < -0.39 is 5.41 Å². The molecule has 2 fully saturated rings. The molecule has 1 aliphatic heterocycles. The molecule has 3 aromatic rings. The van der Waals surface area contributed by atoms with Crippen LogP contribution in [0, 0.1) is 0 Å². The van der Waals surface area contributed by atoms with E-state index in [9.17, 15) is 4.79 Å². The lowest BCUT2D eigenvalue weighted by Gasteiger charge is -2.33. The van der Waals surface area contributed by atoms with Crippen molar-refractivity contribution in [2.75, 3.05) is 18.0 Å². The highest BCUT2D eigenvalue weighted by Gasteiger charge is 2.41. The van der Waals surface area contributed by atoms with Crippen molar-refractivity contribution in [1.29, 1.82) is 0 Å². The van der Waals surface area contributed by atoms with Crippen molar-refractivity contribution < 1.29 is 4.79 Å². The van der Waals surface area contributed by atoms with Gasteiger partial charge in [-0.2, -0.15) is 0 Å². The average Bonchev–Trinajstić information content (AvgIpc) is 3.33. The fraction of sp³-hybridized carbons (Fsp3) is 0.483. The third-order valence-electron chi connectivity index (χ3n) is 8.53. The lowest BCUT2D eigenvalue weighted by Crippen LogP contribution is -2.43. The Hall–Kier alpha value is -2.70. The summed E-state index contributed by atoms with van der Waals surface area (Å²) in [4.78, 5) is 24.9. The molecular formula is C29H36ClN5O. The fourth-order valence-electron chi connectivity index (χ4n) is 6.59. The molecule has 2 aromatic heterocycles. The van der Waals surface area contributed by atoms with Gasteiger partial charge in [0.15, 0.2) is 0 Å². The van der Waals surface area contributed by atoms with E-state index >= 15 is 0 Å². The SMILES string of the molecule is Cl.NC(=O)C1(c2cc(-c3ccc4nc5c(c(N6CC[C@H](N)C6)c4c3)CCCC5)ccn2)CCCCC1. The molecule has 0 radical (unpaired) electrons. The van der Waals surface area contributed by atoms with Gasteiger partial charge in [-0.05, 0) is 85.9 Å². The number of carbonyl (C=O) groups excluding carboxylic acids is 1. The Labute approximate surface area is 219 Å². The zero-order chi connectivity index (χ0) is 24.0. The number of hydrogen-bond donors (Lipinski definition) is 2. The molecular weight excluding hydrogens is 470 g/mol. The smallest absolute Gasteiger partial charge is 0.229 e. The number of primary amides is 1. The van der Waals surface area contributed by atoms with E-state index in [1.54, 1.807) is 0 Å². The van der Waals surface area contributed by atoms with Gasteiger partial charge in [0.1, 0.15) is 0 Å². The first-order chi connectivity index (χ1) is 17.0. The maximum Gasteiger partial charge on any atom is 0.229 e. The summed E-state index contributed by atoms with van der Waals surface area (Å²) in [6.07, 6.45) is 12.2.